The van der Waals surface area contributed by atoms with Crippen molar-refractivity contribution in [3.8, 4) is 0 Å². The maximum atomic E-state index is 12.8. The number of likely N-dealkylation sites (tertiary alicyclic amines) is 1. The van der Waals surface area contributed by atoms with Crippen LogP contribution in [0, 0.1) is 5.92 Å². The van der Waals surface area contributed by atoms with Gasteiger partial charge in [-0.2, -0.15) is 0 Å². The van der Waals surface area contributed by atoms with Crippen LogP contribution in [0.5, 0.6) is 0 Å². The molecule has 0 unspecified atom stereocenters. The highest BCUT2D eigenvalue weighted by Gasteiger charge is 2.29. The highest BCUT2D eigenvalue weighted by atomic mass is 32.2. The van der Waals surface area contributed by atoms with E-state index in [0.717, 1.165) is 27.5 Å². The molecule has 8 nitrogen and oxygen atoms in total. The summed E-state index contributed by atoms with van der Waals surface area (Å²) in [5, 5.41) is 0.857. The normalized spacial score (nSPS) is 14.2. The first-order chi connectivity index (χ1) is 16.9. The summed E-state index contributed by atoms with van der Waals surface area (Å²) in [5.41, 5.74) is 3.57. The molecule has 1 aliphatic heterocycles. The number of thioether (sulfide) groups is 1. The van der Waals surface area contributed by atoms with E-state index in [2.05, 4.69) is 9.97 Å². The molecule has 0 atom stereocenters. The Bertz CT molecular complexity index is 1150. The molecule has 0 radical (unpaired) electrons. The smallest absolute Gasteiger partial charge is 0.309 e. The van der Waals surface area contributed by atoms with Gasteiger partial charge in [-0.25, -0.2) is 4.98 Å². The zero-order chi connectivity index (χ0) is 24.8. The fraction of sp³-hybridized carbons (Fsp3) is 0.385. The number of fused-ring (bicyclic) bond motifs is 1. The van der Waals surface area contributed by atoms with E-state index in [0.29, 0.717) is 38.1 Å². The number of para-hydroxylation sites is 2. The van der Waals surface area contributed by atoms with Crippen molar-refractivity contribution in [2.45, 2.75) is 30.7 Å². The summed E-state index contributed by atoms with van der Waals surface area (Å²) in [6.45, 7) is 3.17. The standard InChI is InChI=1S/C26H30N4O4S/c1-3-34-25(33)20-12-14-30(15-13-20)23(31)16-29(2)24(32)19-10-8-18(9-11-19)17-35-26-27-21-6-4-5-7-22(21)28-26/h4-11,20H,3,12-17H2,1-2H3,(H,27,28). The molecule has 9 heteroatoms. The Balaban J connectivity index is 1.25. The minimum atomic E-state index is -0.198. The first-order valence-corrected chi connectivity index (χ1v) is 12.8. The van der Waals surface area contributed by atoms with Gasteiger partial charge in [0.25, 0.3) is 5.91 Å². The summed E-state index contributed by atoms with van der Waals surface area (Å²) < 4.78 is 5.08. The number of piperidine rings is 1. The van der Waals surface area contributed by atoms with Gasteiger partial charge in [0, 0.05) is 31.5 Å². The van der Waals surface area contributed by atoms with E-state index in [9.17, 15) is 14.4 Å². The van der Waals surface area contributed by atoms with Crippen molar-refractivity contribution in [2.24, 2.45) is 5.92 Å². The van der Waals surface area contributed by atoms with E-state index < -0.39 is 0 Å². The number of benzene rings is 2. The van der Waals surface area contributed by atoms with Crippen LogP contribution < -0.4 is 0 Å². The van der Waals surface area contributed by atoms with Gasteiger partial charge in [-0.15, -0.1) is 0 Å². The third-order valence-electron chi connectivity index (χ3n) is 6.13. The van der Waals surface area contributed by atoms with Gasteiger partial charge >= 0.3 is 5.97 Å². The Kier molecular flexibility index (Phi) is 8.07. The second-order valence-electron chi connectivity index (χ2n) is 8.61. The van der Waals surface area contributed by atoms with Crippen molar-refractivity contribution in [3.05, 3.63) is 59.7 Å². The molecule has 0 saturated carbocycles. The van der Waals surface area contributed by atoms with Crippen LogP contribution in [0.2, 0.25) is 0 Å². The molecular weight excluding hydrogens is 464 g/mol. The lowest BCUT2D eigenvalue weighted by molar-refractivity contribution is -0.151. The number of nitrogens with one attached hydrogen (secondary N) is 1. The Labute approximate surface area is 209 Å². The highest BCUT2D eigenvalue weighted by Crippen LogP contribution is 2.23. The van der Waals surface area contributed by atoms with Crippen molar-refractivity contribution in [3.63, 3.8) is 0 Å². The number of imidazole rings is 1. The van der Waals surface area contributed by atoms with Gasteiger partial charge in [0.15, 0.2) is 5.16 Å². The number of H-pyrrole nitrogens is 1. The van der Waals surface area contributed by atoms with Crippen molar-refractivity contribution in [2.75, 3.05) is 33.3 Å². The van der Waals surface area contributed by atoms with E-state index in [1.807, 2.05) is 36.4 Å². The second kappa shape index (κ2) is 11.4. The summed E-state index contributed by atoms with van der Waals surface area (Å²) in [6.07, 6.45) is 1.19. The lowest BCUT2D eigenvalue weighted by Crippen LogP contribution is -2.45. The number of amides is 2. The average molecular weight is 495 g/mol. The van der Waals surface area contributed by atoms with Gasteiger partial charge < -0.3 is 19.5 Å². The first-order valence-electron chi connectivity index (χ1n) is 11.8. The SMILES string of the molecule is CCOC(=O)C1CCN(C(=O)CN(C)C(=O)c2ccc(CSc3nc4ccccc4[nH]3)cc2)CC1. The molecule has 1 saturated heterocycles. The Morgan fingerprint density at radius 2 is 1.83 bits per heavy atom. The van der Waals surface area contributed by atoms with Gasteiger partial charge in [0.05, 0.1) is 30.1 Å². The lowest BCUT2D eigenvalue weighted by atomic mass is 9.97. The molecule has 1 N–H and O–H groups in total. The highest BCUT2D eigenvalue weighted by molar-refractivity contribution is 7.98. The molecule has 2 aromatic carbocycles. The number of hydrogen-bond donors (Lipinski definition) is 1. The van der Waals surface area contributed by atoms with Crippen LogP contribution in [0.3, 0.4) is 0 Å². The zero-order valence-electron chi connectivity index (χ0n) is 20.0. The number of ether oxygens (including phenoxy) is 1. The van der Waals surface area contributed by atoms with Crippen LogP contribution in [-0.2, 0) is 20.1 Å². The van der Waals surface area contributed by atoms with E-state index in [-0.39, 0.29) is 30.2 Å². The number of carbonyl (C=O) groups excluding carboxylic acids is 3. The fourth-order valence-corrected chi connectivity index (χ4v) is 4.95. The molecule has 184 valence electrons. The molecule has 1 aromatic heterocycles. The molecule has 35 heavy (non-hydrogen) atoms. The second-order valence-corrected chi connectivity index (χ2v) is 9.58. The summed E-state index contributed by atoms with van der Waals surface area (Å²) in [5.74, 6) is 0.0798. The van der Waals surface area contributed by atoms with Crippen LogP contribution in [0.25, 0.3) is 11.0 Å². The minimum Gasteiger partial charge on any atom is -0.466 e. The maximum Gasteiger partial charge on any atom is 0.309 e. The Hall–Kier alpha value is -3.33. The molecular formula is C26H30N4O4S. The van der Waals surface area contributed by atoms with Gasteiger partial charge in [0.1, 0.15) is 0 Å². The number of hydrogen-bond acceptors (Lipinski definition) is 6. The van der Waals surface area contributed by atoms with Crippen LogP contribution in [0.4, 0.5) is 0 Å². The third-order valence-corrected chi connectivity index (χ3v) is 7.08. The summed E-state index contributed by atoms with van der Waals surface area (Å²) in [4.78, 5) is 48.5. The van der Waals surface area contributed by atoms with Crippen molar-refractivity contribution >= 4 is 40.6 Å². The molecule has 2 heterocycles. The third kappa shape index (κ3) is 6.22. The van der Waals surface area contributed by atoms with Crippen molar-refractivity contribution < 1.29 is 19.1 Å². The van der Waals surface area contributed by atoms with Gasteiger partial charge in [0.2, 0.25) is 5.91 Å². The van der Waals surface area contributed by atoms with E-state index in [1.54, 1.807) is 42.8 Å². The predicted octanol–water partition coefficient (Wildman–Crippen LogP) is 3.73. The monoisotopic (exact) mass is 494 g/mol. The largest absolute Gasteiger partial charge is 0.466 e. The summed E-state index contributed by atoms with van der Waals surface area (Å²) >= 11 is 1.61. The fourth-order valence-electron chi connectivity index (χ4n) is 4.11. The van der Waals surface area contributed by atoms with Crippen molar-refractivity contribution in [1.29, 1.82) is 0 Å². The molecule has 2 amide bonds. The maximum absolute atomic E-state index is 12.8. The molecule has 0 bridgehead atoms. The lowest BCUT2D eigenvalue weighted by Gasteiger charge is -2.32. The molecule has 1 aliphatic rings. The summed E-state index contributed by atoms with van der Waals surface area (Å²) in [7, 11) is 1.64. The molecule has 0 spiro atoms. The number of esters is 1. The first kappa shape index (κ1) is 24.8. The van der Waals surface area contributed by atoms with Crippen molar-refractivity contribution in [1.82, 2.24) is 19.8 Å². The average Bonchev–Trinajstić information content (AvgIpc) is 3.30. The number of likely N-dealkylation sites (N-methyl/N-ethyl adjacent to an activating group) is 1. The number of aromatic nitrogens is 2. The minimum absolute atomic E-state index is 0.00651. The van der Waals surface area contributed by atoms with Crippen LogP contribution in [-0.4, -0.2) is 70.8 Å². The zero-order valence-corrected chi connectivity index (χ0v) is 20.8. The molecule has 4 rings (SSSR count). The van der Waals surface area contributed by atoms with E-state index in [1.165, 1.54) is 4.90 Å². The predicted molar refractivity (Wildman–Crippen MR) is 135 cm³/mol. The quantitative estimate of drug-likeness (QED) is 0.379. The van der Waals surface area contributed by atoms with Crippen LogP contribution >= 0.6 is 11.8 Å². The molecule has 3 aromatic rings. The Morgan fingerprint density at radius 1 is 1.11 bits per heavy atom. The number of aromatic amines is 1. The number of rotatable bonds is 8. The molecule has 1 fully saturated rings. The van der Waals surface area contributed by atoms with Gasteiger partial charge in [-0.05, 0) is 49.6 Å². The van der Waals surface area contributed by atoms with Crippen LogP contribution in [0.1, 0.15) is 35.7 Å². The Morgan fingerprint density at radius 3 is 2.51 bits per heavy atom. The van der Waals surface area contributed by atoms with E-state index in [4.69, 9.17) is 4.74 Å². The van der Waals surface area contributed by atoms with Crippen LogP contribution in [0.15, 0.2) is 53.7 Å². The summed E-state index contributed by atoms with van der Waals surface area (Å²) in [6, 6.07) is 15.4. The van der Waals surface area contributed by atoms with Gasteiger partial charge in [-0.1, -0.05) is 36.0 Å². The van der Waals surface area contributed by atoms with E-state index >= 15 is 0 Å². The van der Waals surface area contributed by atoms with Gasteiger partial charge in [-0.3, -0.25) is 14.4 Å². The topological polar surface area (TPSA) is 95.6 Å². The number of nitrogens with zero attached hydrogens (tertiary/aromatic N) is 3. The molecule has 0 aliphatic carbocycles. The number of carbonyl (C=O) groups is 3.